The largest absolute Gasteiger partial charge is 0.244 e. The minimum absolute atomic E-state index is 0.0781. The highest BCUT2D eigenvalue weighted by Gasteiger charge is 2.25. The van der Waals surface area contributed by atoms with Crippen LogP contribution in [0.3, 0.4) is 0 Å². The van der Waals surface area contributed by atoms with Crippen molar-refractivity contribution < 1.29 is 8.42 Å². The maximum atomic E-state index is 12.2. The molecule has 1 heterocycles. The monoisotopic (exact) mass is 262 g/mol. The number of hydrogen-bond acceptors (Lipinski definition) is 3. The number of halogens is 1. The fraction of sp³-hybridized carbons (Fsp3) is 0.500. The van der Waals surface area contributed by atoms with Crippen molar-refractivity contribution >= 4 is 21.6 Å². The van der Waals surface area contributed by atoms with Crippen LogP contribution in [-0.4, -0.2) is 30.3 Å². The van der Waals surface area contributed by atoms with Crippen molar-refractivity contribution in [3.63, 3.8) is 0 Å². The van der Waals surface area contributed by atoms with E-state index in [0.717, 1.165) is 0 Å². The quantitative estimate of drug-likeness (QED) is 0.782. The van der Waals surface area contributed by atoms with Crippen LogP contribution in [0, 0.1) is 0 Å². The second-order valence-corrected chi connectivity index (χ2v) is 5.90. The molecule has 0 aliphatic carbocycles. The molecule has 0 saturated carbocycles. The van der Waals surface area contributed by atoms with Crippen LogP contribution in [0.25, 0.3) is 0 Å². The van der Waals surface area contributed by atoms with Crippen LogP contribution in [0.1, 0.15) is 20.8 Å². The first-order valence-electron chi connectivity index (χ1n) is 5.03. The second-order valence-electron chi connectivity index (χ2n) is 3.62. The predicted molar refractivity (Wildman–Crippen MR) is 63.9 cm³/mol. The summed E-state index contributed by atoms with van der Waals surface area (Å²) in [5, 5.41) is 0.284. The molecule has 0 atom stereocenters. The van der Waals surface area contributed by atoms with Gasteiger partial charge in [0, 0.05) is 18.8 Å². The number of hydrogen-bond donors (Lipinski definition) is 0. The van der Waals surface area contributed by atoms with Crippen molar-refractivity contribution in [2.24, 2.45) is 0 Å². The molecule has 0 unspecified atom stereocenters. The Morgan fingerprint density at radius 2 is 2.06 bits per heavy atom. The smallest absolute Gasteiger partial charge is 0.243 e. The molecule has 4 nitrogen and oxygen atoms in total. The molecule has 0 radical (unpaired) electrons. The van der Waals surface area contributed by atoms with E-state index in [1.807, 2.05) is 13.8 Å². The Labute approximate surface area is 101 Å². The van der Waals surface area contributed by atoms with E-state index in [1.165, 1.54) is 22.6 Å². The van der Waals surface area contributed by atoms with E-state index in [2.05, 4.69) is 4.98 Å². The molecule has 1 rings (SSSR count). The van der Waals surface area contributed by atoms with Crippen LogP contribution in [0.4, 0.5) is 0 Å². The second kappa shape index (κ2) is 5.12. The standard InChI is InChI=1S/C10H15ClN2O2S/c1-4-13(8(2)3)16(14,15)9-5-6-10(11)12-7-9/h5-8H,4H2,1-3H3. The van der Waals surface area contributed by atoms with Gasteiger partial charge in [-0.2, -0.15) is 4.31 Å². The van der Waals surface area contributed by atoms with E-state index < -0.39 is 10.0 Å². The molecular weight excluding hydrogens is 248 g/mol. The number of rotatable bonds is 4. The first-order chi connectivity index (χ1) is 7.39. The fourth-order valence-corrected chi connectivity index (χ4v) is 3.17. The zero-order valence-corrected chi connectivity index (χ0v) is 11.1. The van der Waals surface area contributed by atoms with Crippen molar-refractivity contribution in [3.05, 3.63) is 23.5 Å². The van der Waals surface area contributed by atoms with Gasteiger partial charge in [-0.05, 0) is 26.0 Å². The summed E-state index contributed by atoms with van der Waals surface area (Å²) in [6.07, 6.45) is 1.28. The van der Waals surface area contributed by atoms with Gasteiger partial charge in [-0.15, -0.1) is 0 Å². The van der Waals surface area contributed by atoms with Gasteiger partial charge >= 0.3 is 0 Å². The van der Waals surface area contributed by atoms with Crippen molar-refractivity contribution in [2.45, 2.75) is 31.7 Å². The Hall–Kier alpha value is -0.650. The first-order valence-corrected chi connectivity index (χ1v) is 6.84. The Morgan fingerprint density at radius 3 is 2.44 bits per heavy atom. The summed E-state index contributed by atoms with van der Waals surface area (Å²) in [5.41, 5.74) is 0. The summed E-state index contributed by atoms with van der Waals surface area (Å²) in [5.74, 6) is 0. The molecule has 90 valence electrons. The Morgan fingerprint density at radius 1 is 1.44 bits per heavy atom. The lowest BCUT2D eigenvalue weighted by molar-refractivity contribution is 0.369. The number of aromatic nitrogens is 1. The van der Waals surface area contributed by atoms with Gasteiger partial charge in [0.15, 0.2) is 0 Å². The molecule has 0 aliphatic heterocycles. The lowest BCUT2D eigenvalue weighted by Gasteiger charge is -2.24. The summed E-state index contributed by atoms with van der Waals surface area (Å²) in [7, 11) is -3.45. The van der Waals surface area contributed by atoms with E-state index in [-0.39, 0.29) is 16.1 Å². The van der Waals surface area contributed by atoms with Crippen LogP contribution in [-0.2, 0) is 10.0 Å². The van der Waals surface area contributed by atoms with Gasteiger partial charge in [0.25, 0.3) is 0 Å². The van der Waals surface area contributed by atoms with Crippen LogP contribution >= 0.6 is 11.6 Å². The van der Waals surface area contributed by atoms with E-state index >= 15 is 0 Å². The van der Waals surface area contributed by atoms with E-state index in [9.17, 15) is 8.42 Å². The lowest BCUT2D eigenvalue weighted by Crippen LogP contribution is -2.36. The molecule has 0 bridgehead atoms. The summed E-state index contributed by atoms with van der Waals surface area (Å²) >= 11 is 5.62. The minimum Gasteiger partial charge on any atom is -0.243 e. The molecule has 0 aromatic carbocycles. The number of pyridine rings is 1. The molecule has 1 aromatic heterocycles. The SMILES string of the molecule is CCN(C(C)C)S(=O)(=O)c1ccc(Cl)nc1. The Balaban J connectivity index is 3.15. The van der Waals surface area contributed by atoms with Crippen molar-refractivity contribution in [3.8, 4) is 0 Å². The van der Waals surface area contributed by atoms with Gasteiger partial charge < -0.3 is 0 Å². The zero-order chi connectivity index (χ0) is 12.3. The Kier molecular flexibility index (Phi) is 4.29. The third kappa shape index (κ3) is 2.72. The molecule has 0 aliphatic rings. The van der Waals surface area contributed by atoms with Gasteiger partial charge in [-0.1, -0.05) is 18.5 Å². The van der Waals surface area contributed by atoms with Crippen LogP contribution in [0.2, 0.25) is 5.15 Å². The van der Waals surface area contributed by atoms with Gasteiger partial charge in [0.1, 0.15) is 10.0 Å². The van der Waals surface area contributed by atoms with Crippen LogP contribution in [0.5, 0.6) is 0 Å². The normalized spacial score (nSPS) is 12.4. The summed E-state index contributed by atoms with van der Waals surface area (Å²) in [6.45, 7) is 5.91. The number of nitrogens with zero attached hydrogens (tertiary/aromatic N) is 2. The highest BCUT2D eigenvalue weighted by atomic mass is 35.5. The maximum absolute atomic E-state index is 12.2. The highest BCUT2D eigenvalue weighted by Crippen LogP contribution is 2.18. The summed E-state index contributed by atoms with van der Waals surface area (Å²) in [4.78, 5) is 3.95. The Bertz CT molecular complexity index is 442. The van der Waals surface area contributed by atoms with Gasteiger partial charge in [0.2, 0.25) is 10.0 Å². The van der Waals surface area contributed by atoms with Gasteiger partial charge in [0.05, 0.1) is 0 Å². The van der Waals surface area contributed by atoms with Crippen LogP contribution in [0.15, 0.2) is 23.2 Å². The molecule has 1 aromatic rings. The fourth-order valence-electron chi connectivity index (χ4n) is 1.46. The predicted octanol–water partition coefficient (Wildman–Crippen LogP) is 2.15. The summed E-state index contributed by atoms with van der Waals surface area (Å²) in [6, 6.07) is 2.86. The average Bonchev–Trinajstić information content (AvgIpc) is 2.18. The minimum atomic E-state index is -3.45. The maximum Gasteiger partial charge on any atom is 0.244 e. The van der Waals surface area contributed by atoms with Gasteiger partial charge in [-0.25, -0.2) is 13.4 Å². The highest BCUT2D eigenvalue weighted by molar-refractivity contribution is 7.89. The molecule has 0 spiro atoms. The zero-order valence-electron chi connectivity index (χ0n) is 9.51. The van der Waals surface area contributed by atoms with E-state index in [4.69, 9.17) is 11.6 Å². The van der Waals surface area contributed by atoms with Crippen molar-refractivity contribution in [2.75, 3.05) is 6.54 Å². The molecule has 0 N–H and O–H groups in total. The molecule has 0 amide bonds. The molecular formula is C10H15ClN2O2S. The third-order valence-corrected chi connectivity index (χ3v) is 4.55. The van der Waals surface area contributed by atoms with E-state index in [1.54, 1.807) is 6.92 Å². The summed E-state index contributed by atoms with van der Waals surface area (Å²) < 4.78 is 25.7. The molecule has 0 saturated heterocycles. The topological polar surface area (TPSA) is 50.3 Å². The van der Waals surface area contributed by atoms with Crippen molar-refractivity contribution in [1.29, 1.82) is 0 Å². The third-order valence-electron chi connectivity index (χ3n) is 2.19. The first kappa shape index (κ1) is 13.4. The van der Waals surface area contributed by atoms with Crippen molar-refractivity contribution in [1.82, 2.24) is 9.29 Å². The molecule has 6 heteroatoms. The number of sulfonamides is 1. The van der Waals surface area contributed by atoms with Gasteiger partial charge in [-0.3, -0.25) is 0 Å². The average molecular weight is 263 g/mol. The molecule has 16 heavy (non-hydrogen) atoms. The van der Waals surface area contributed by atoms with Crippen LogP contribution < -0.4 is 0 Å². The van der Waals surface area contributed by atoms with E-state index in [0.29, 0.717) is 6.54 Å². The lowest BCUT2D eigenvalue weighted by atomic mass is 10.4. The molecule has 0 fully saturated rings.